The predicted octanol–water partition coefficient (Wildman–Crippen LogP) is 3.42. The molecule has 0 radical (unpaired) electrons. The van der Waals surface area contributed by atoms with Crippen LogP contribution < -0.4 is 5.32 Å². The topological polar surface area (TPSA) is 84.9 Å². The molecule has 1 aromatic rings. The molecule has 26 heavy (non-hydrogen) atoms. The first-order chi connectivity index (χ1) is 12.1. The normalized spacial score (nSPS) is 14.8. The average Bonchev–Trinajstić information content (AvgIpc) is 2.56. The number of aliphatic hydroxyl groups is 1. The second kappa shape index (κ2) is 10.2. The Bertz CT molecular complexity index is 567. The zero-order chi connectivity index (χ0) is 19.7. The Hall–Kier alpha value is -2.08. The van der Waals surface area contributed by atoms with Gasteiger partial charge in [-0.25, -0.2) is 4.79 Å². The quantitative estimate of drug-likeness (QED) is 0.690. The van der Waals surface area contributed by atoms with Crippen LogP contribution in [-0.4, -0.2) is 34.9 Å². The maximum Gasteiger partial charge on any atom is 0.407 e. The van der Waals surface area contributed by atoms with Crippen LogP contribution in [0.2, 0.25) is 0 Å². The van der Waals surface area contributed by atoms with E-state index >= 15 is 0 Å². The molecule has 1 aromatic carbocycles. The number of ether oxygens (including phenoxy) is 2. The minimum absolute atomic E-state index is 0.0308. The van der Waals surface area contributed by atoms with Crippen LogP contribution in [0.15, 0.2) is 30.3 Å². The van der Waals surface area contributed by atoms with E-state index in [1.165, 1.54) is 0 Å². The molecule has 1 rings (SSSR count). The Morgan fingerprint density at radius 3 is 2.35 bits per heavy atom. The van der Waals surface area contributed by atoms with Gasteiger partial charge in [0.1, 0.15) is 12.2 Å². The van der Waals surface area contributed by atoms with Gasteiger partial charge in [0.25, 0.3) is 0 Å². The smallest absolute Gasteiger partial charge is 0.407 e. The molecular weight excluding hydrogens is 334 g/mol. The highest BCUT2D eigenvalue weighted by molar-refractivity contribution is 5.71. The molecule has 0 aliphatic heterocycles. The van der Waals surface area contributed by atoms with E-state index in [2.05, 4.69) is 5.32 Å². The lowest BCUT2D eigenvalue weighted by Gasteiger charge is -2.29. The maximum absolute atomic E-state index is 12.1. The summed E-state index contributed by atoms with van der Waals surface area (Å²) >= 11 is 0. The highest BCUT2D eigenvalue weighted by Gasteiger charge is 2.30. The summed E-state index contributed by atoms with van der Waals surface area (Å²) in [6.07, 6.45) is -1.13. The van der Waals surface area contributed by atoms with Gasteiger partial charge in [0.2, 0.25) is 0 Å². The van der Waals surface area contributed by atoms with Crippen LogP contribution in [0.4, 0.5) is 4.79 Å². The Balaban J connectivity index is 2.62. The monoisotopic (exact) mass is 365 g/mol. The lowest BCUT2D eigenvalue weighted by molar-refractivity contribution is -0.157. The number of aliphatic hydroxyl groups excluding tert-OH is 1. The van der Waals surface area contributed by atoms with Crippen molar-refractivity contribution in [3.8, 4) is 0 Å². The van der Waals surface area contributed by atoms with Crippen LogP contribution in [0.5, 0.6) is 0 Å². The van der Waals surface area contributed by atoms with Crippen molar-refractivity contribution < 1.29 is 24.2 Å². The van der Waals surface area contributed by atoms with Crippen LogP contribution in [0.3, 0.4) is 0 Å². The fraction of sp³-hybridized carbons (Fsp3) is 0.600. The van der Waals surface area contributed by atoms with E-state index in [1.807, 2.05) is 44.2 Å². The molecule has 3 atom stereocenters. The van der Waals surface area contributed by atoms with Gasteiger partial charge in [-0.05, 0) is 32.3 Å². The van der Waals surface area contributed by atoms with Crippen LogP contribution in [0, 0.1) is 5.92 Å². The van der Waals surface area contributed by atoms with E-state index in [1.54, 1.807) is 20.8 Å². The SMILES string of the molecule is CCC(C)C(NC(=O)OCc1ccccc1)[C@H](O)CC(=O)OC(C)(C)C. The summed E-state index contributed by atoms with van der Waals surface area (Å²) in [6.45, 7) is 9.30. The molecule has 0 aliphatic carbocycles. The summed E-state index contributed by atoms with van der Waals surface area (Å²) in [6, 6.07) is 8.73. The summed E-state index contributed by atoms with van der Waals surface area (Å²) < 4.78 is 10.5. The minimum atomic E-state index is -1.05. The molecule has 2 unspecified atom stereocenters. The number of alkyl carbamates (subject to hydrolysis) is 1. The molecule has 1 amide bonds. The van der Waals surface area contributed by atoms with Gasteiger partial charge in [-0.1, -0.05) is 50.6 Å². The Morgan fingerprint density at radius 1 is 1.19 bits per heavy atom. The van der Waals surface area contributed by atoms with Crippen molar-refractivity contribution in [2.75, 3.05) is 0 Å². The summed E-state index contributed by atoms with van der Waals surface area (Å²) in [5.41, 5.74) is 0.252. The van der Waals surface area contributed by atoms with Crippen molar-refractivity contribution in [1.29, 1.82) is 0 Å². The van der Waals surface area contributed by atoms with Crippen molar-refractivity contribution in [3.05, 3.63) is 35.9 Å². The number of hydrogen-bond acceptors (Lipinski definition) is 5. The number of rotatable bonds is 8. The van der Waals surface area contributed by atoms with E-state index in [0.717, 1.165) is 12.0 Å². The minimum Gasteiger partial charge on any atom is -0.460 e. The third-order valence-electron chi connectivity index (χ3n) is 3.96. The number of nitrogens with one attached hydrogen (secondary N) is 1. The summed E-state index contributed by atoms with van der Waals surface area (Å²) in [5, 5.41) is 13.1. The van der Waals surface area contributed by atoms with Gasteiger partial charge in [0, 0.05) is 0 Å². The van der Waals surface area contributed by atoms with Crippen molar-refractivity contribution in [3.63, 3.8) is 0 Å². The van der Waals surface area contributed by atoms with Gasteiger partial charge in [0.15, 0.2) is 0 Å². The summed E-state index contributed by atoms with van der Waals surface area (Å²) in [7, 11) is 0. The van der Waals surface area contributed by atoms with Crippen LogP contribution in [-0.2, 0) is 20.9 Å². The highest BCUT2D eigenvalue weighted by Crippen LogP contribution is 2.17. The molecule has 0 saturated heterocycles. The number of benzene rings is 1. The third-order valence-corrected chi connectivity index (χ3v) is 3.96. The van der Waals surface area contributed by atoms with Crippen LogP contribution in [0.25, 0.3) is 0 Å². The lowest BCUT2D eigenvalue weighted by Crippen LogP contribution is -2.48. The standard InChI is InChI=1S/C20H31NO5/c1-6-14(2)18(16(22)12-17(23)26-20(3,4)5)21-19(24)25-13-15-10-8-7-9-11-15/h7-11,14,16,18,22H,6,12-13H2,1-5H3,(H,21,24)/t14?,16-,18?/m1/s1. The van der Waals surface area contributed by atoms with Crippen LogP contribution >= 0.6 is 0 Å². The fourth-order valence-electron chi connectivity index (χ4n) is 2.45. The number of amides is 1. The Morgan fingerprint density at radius 2 is 1.81 bits per heavy atom. The largest absolute Gasteiger partial charge is 0.460 e. The average molecular weight is 365 g/mol. The molecule has 146 valence electrons. The van der Waals surface area contributed by atoms with E-state index in [-0.39, 0.29) is 18.9 Å². The van der Waals surface area contributed by atoms with Gasteiger partial charge < -0.3 is 19.9 Å². The lowest BCUT2D eigenvalue weighted by atomic mass is 9.93. The first kappa shape index (κ1) is 22.0. The molecule has 0 bridgehead atoms. The Labute approximate surface area is 155 Å². The third kappa shape index (κ3) is 8.34. The molecule has 2 N–H and O–H groups in total. The fourth-order valence-corrected chi connectivity index (χ4v) is 2.45. The molecule has 6 nitrogen and oxygen atoms in total. The van der Waals surface area contributed by atoms with Gasteiger partial charge >= 0.3 is 12.1 Å². The van der Waals surface area contributed by atoms with Gasteiger partial charge in [-0.15, -0.1) is 0 Å². The first-order valence-corrected chi connectivity index (χ1v) is 8.99. The first-order valence-electron chi connectivity index (χ1n) is 8.99. The molecule has 0 fully saturated rings. The number of carbonyl (C=O) groups excluding carboxylic acids is 2. The molecule has 0 heterocycles. The van der Waals surface area contributed by atoms with Crippen molar-refractivity contribution >= 4 is 12.1 Å². The summed E-state index contributed by atoms with van der Waals surface area (Å²) in [5.74, 6) is -0.533. The highest BCUT2D eigenvalue weighted by atomic mass is 16.6. The van der Waals surface area contributed by atoms with Gasteiger partial charge in [0.05, 0.1) is 18.6 Å². The van der Waals surface area contributed by atoms with E-state index in [4.69, 9.17) is 9.47 Å². The molecule has 0 aliphatic rings. The zero-order valence-corrected chi connectivity index (χ0v) is 16.3. The molecule has 6 heteroatoms. The summed E-state index contributed by atoms with van der Waals surface area (Å²) in [4.78, 5) is 24.1. The Kier molecular flexibility index (Phi) is 8.58. The molecule has 0 saturated carbocycles. The second-order valence-electron chi connectivity index (χ2n) is 7.48. The van der Waals surface area contributed by atoms with Crippen molar-refractivity contribution in [1.82, 2.24) is 5.32 Å². The van der Waals surface area contributed by atoms with Crippen molar-refractivity contribution in [2.45, 2.75) is 71.8 Å². The van der Waals surface area contributed by atoms with E-state index < -0.39 is 29.8 Å². The zero-order valence-electron chi connectivity index (χ0n) is 16.3. The van der Waals surface area contributed by atoms with Crippen LogP contribution in [0.1, 0.15) is 53.0 Å². The second-order valence-corrected chi connectivity index (χ2v) is 7.48. The predicted molar refractivity (Wildman–Crippen MR) is 99.5 cm³/mol. The molecule has 0 aromatic heterocycles. The van der Waals surface area contributed by atoms with E-state index in [9.17, 15) is 14.7 Å². The number of esters is 1. The van der Waals surface area contributed by atoms with Gasteiger partial charge in [-0.2, -0.15) is 0 Å². The van der Waals surface area contributed by atoms with E-state index in [0.29, 0.717) is 0 Å². The van der Waals surface area contributed by atoms with Gasteiger partial charge in [-0.3, -0.25) is 4.79 Å². The van der Waals surface area contributed by atoms with Crippen molar-refractivity contribution in [2.24, 2.45) is 5.92 Å². The molecule has 0 spiro atoms. The number of hydrogen-bond donors (Lipinski definition) is 2. The molecular formula is C20H31NO5. The maximum atomic E-state index is 12.1. The number of carbonyl (C=O) groups is 2.